The first-order chi connectivity index (χ1) is 13.0. The normalized spacial score (nSPS) is 12.0. The summed E-state index contributed by atoms with van der Waals surface area (Å²) < 4.78 is 15.8. The van der Waals surface area contributed by atoms with E-state index in [1.165, 1.54) is 17.8 Å². The van der Waals surface area contributed by atoms with Crippen LogP contribution >= 0.6 is 11.8 Å². The number of rotatable bonds is 7. The Hall–Kier alpha value is -2.67. The van der Waals surface area contributed by atoms with Gasteiger partial charge < -0.3 is 9.88 Å². The molecule has 7 heteroatoms. The van der Waals surface area contributed by atoms with E-state index in [4.69, 9.17) is 0 Å². The number of aryl methyl sites for hydroxylation is 1. The van der Waals surface area contributed by atoms with E-state index in [-0.39, 0.29) is 17.5 Å². The second kappa shape index (κ2) is 8.81. The molecule has 5 nitrogen and oxygen atoms in total. The van der Waals surface area contributed by atoms with Crippen molar-refractivity contribution in [3.63, 3.8) is 0 Å². The maximum atomic E-state index is 13.8. The van der Waals surface area contributed by atoms with Gasteiger partial charge in [-0.05, 0) is 25.5 Å². The van der Waals surface area contributed by atoms with Crippen molar-refractivity contribution in [1.82, 2.24) is 20.1 Å². The van der Waals surface area contributed by atoms with Gasteiger partial charge in [-0.3, -0.25) is 4.79 Å². The van der Waals surface area contributed by atoms with Crippen LogP contribution in [0.3, 0.4) is 0 Å². The van der Waals surface area contributed by atoms with Crippen LogP contribution in [0.5, 0.6) is 0 Å². The van der Waals surface area contributed by atoms with Crippen LogP contribution in [0.1, 0.15) is 29.9 Å². The average molecular weight is 384 g/mol. The first-order valence-electron chi connectivity index (χ1n) is 8.65. The van der Waals surface area contributed by atoms with Crippen molar-refractivity contribution < 1.29 is 9.18 Å². The minimum atomic E-state index is -0.400. The first-order valence-corrected chi connectivity index (χ1v) is 9.63. The molecule has 2 aromatic carbocycles. The molecule has 1 atom stereocenters. The third kappa shape index (κ3) is 4.95. The van der Waals surface area contributed by atoms with E-state index in [0.29, 0.717) is 17.3 Å². The molecule has 0 radical (unpaired) electrons. The van der Waals surface area contributed by atoms with E-state index in [1.807, 2.05) is 41.8 Å². The van der Waals surface area contributed by atoms with Crippen LogP contribution in [0, 0.1) is 12.7 Å². The summed E-state index contributed by atoms with van der Waals surface area (Å²) in [6.07, 6.45) is 0. The van der Waals surface area contributed by atoms with Gasteiger partial charge in [-0.25, -0.2) is 4.39 Å². The lowest BCUT2D eigenvalue weighted by atomic mass is 10.1. The number of amides is 1. The predicted molar refractivity (Wildman–Crippen MR) is 104 cm³/mol. The Morgan fingerprint density at radius 1 is 1.15 bits per heavy atom. The molecule has 140 valence electrons. The van der Waals surface area contributed by atoms with Crippen LogP contribution < -0.4 is 5.32 Å². The minimum Gasteiger partial charge on any atom is -0.349 e. The molecule has 1 amide bonds. The first kappa shape index (κ1) is 19.1. The molecule has 1 heterocycles. The van der Waals surface area contributed by atoms with E-state index in [1.54, 1.807) is 25.1 Å². The van der Waals surface area contributed by atoms with Gasteiger partial charge in [-0.1, -0.05) is 60.3 Å². The number of carbonyl (C=O) groups excluding carboxylic acids is 1. The van der Waals surface area contributed by atoms with Gasteiger partial charge >= 0.3 is 0 Å². The number of aromatic nitrogens is 3. The van der Waals surface area contributed by atoms with E-state index < -0.39 is 6.04 Å². The van der Waals surface area contributed by atoms with Crippen molar-refractivity contribution in [3.05, 3.63) is 77.4 Å². The smallest absolute Gasteiger partial charge is 0.230 e. The Bertz CT molecular complexity index is 913. The van der Waals surface area contributed by atoms with Gasteiger partial charge in [-0.2, -0.15) is 0 Å². The largest absolute Gasteiger partial charge is 0.349 e. The zero-order valence-electron chi connectivity index (χ0n) is 15.2. The molecule has 27 heavy (non-hydrogen) atoms. The topological polar surface area (TPSA) is 59.8 Å². The molecule has 0 bridgehead atoms. The van der Waals surface area contributed by atoms with Gasteiger partial charge in [0.05, 0.1) is 18.3 Å². The molecule has 1 N–H and O–H groups in total. The van der Waals surface area contributed by atoms with Gasteiger partial charge in [-0.15, -0.1) is 10.2 Å². The molecule has 3 aromatic rings. The summed E-state index contributed by atoms with van der Waals surface area (Å²) in [5.41, 5.74) is 1.61. The number of nitrogens with one attached hydrogen (secondary N) is 1. The Kier molecular flexibility index (Phi) is 6.24. The standard InChI is InChI=1S/C20H21FN4OS/c1-14(17-10-6-7-11-18(17)21)22-19(26)13-27-20-24-23-15(2)25(20)12-16-8-4-3-5-9-16/h3-11,14H,12-13H2,1-2H3,(H,22,26). The average Bonchev–Trinajstić information content (AvgIpc) is 3.01. The van der Waals surface area contributed by atoms with E-state index >= 15 is 0 Å². The molecule has 1 aromatic heterocycles. The molecule has 1 unspecified atom stereocenters. The Balaban J connectivity index is 1.60. The third-order valence-corrected chi connectivity index (χ3v) is 5.13. The van der Waals surface area contributed by atoms with Gasteiger partial charge in [0.25, 0.3) is 0 Å². The molecule has 0 aliphatic carbocycles. The third-order valence-electron chi connectivity index (χ3n) is 4.17. The summed E-state index contributed by atoms with van der Waals surface area (Å²) in [6.45, 7) is 4.30. The second-order valence-corrected chi connectivity index (χ2v) is 7.14. The van der Waals surface area contributed by atoms with Crippen molar-refractivity contribution in [3.8, 4) is 0 Å². The van der Waals surface area contributed by atoms with E-state index in [0.717, 1.165) is 11.4 Å². The molecule has 0 saturated heterocycles. The van der Waals surface area contributed by atoms with Crippen molar-refractivity contribution in [2.75, 3.05) is 5.75 Å². The SMILES string of the molecule is Cc1nnc(SCC(=O)NC(C)c2ccccc2F)n1Cc1ccccc1. The van der Waals surface area contributed by atoms with Crippen LogP contribution in [-0.2, 0) is 11.3 Å². The van der Waals surface area contributed by atoms with Crippen LogP contribution in [0.25, 0.3) is 0 Å². The molecule has 0 spiro atoms. The summed E-state index contributed by atoms with van der Waals surface area (Å²) in [5, 5.41) is 11.8. The number of carbonyl (C=O) groups is 1. The minimum absolute atomic E-state index is 0.178. The summed E-state index contributed by atoms with van der Waals surface area (Å²) in [6, 6.07) is 16.1. The Labute approximate surface area is 162 Å². The zero-order valence-corrected chi connectivity index (χ0v) is 16.0. The summed E-state index contributed by atoms with van der Waals surface area (Å²) in [7, 11) is 0. The van der Waals surface area contributed by atoms with Crippen molar-refractivity contribution in [2.45, 2.75) is 31.6 Å². The fraction of sp³-hybridized carbons (Fsp3) is 0.250. The van der Waals surface area contributed by atoms with Crippen LogP contribution in [0.15, 0.2) is 59.8 Å². The molecular formula is C20H21FN4OS. The van der Waals surface area contributed by atoms with Crippen molar-refractivity contribution in [2.24, 2.45) is 0 Å². The second-order valence-electron chi connectivity index (χ2n) is 6.20. The van der Waals surface area contributed by atoms with E-state index in [2.05, 4.69) is 15.5 Å². The highest BCUT2D eigenvalue weighted by Crippen LogP contribution is 2.20. The molecule has 0 aliphatic heterocycles. The monoisotopic (exact) mass is 384 g/mol. The Morgan fingerprint density at radius 2 is 1.85 bits per heavy atom. The molecule has 0 aliphatic rings. The summed E-state index contributed by atoms with van der Waals surface area (Å²) in [4.78, 5) is 12.3. The lowest BCUT2D eigenvalue weighted by Gasteiger charge is -2.15. The van der Waals surface area contributed by atoms with Gasteiger partial charge in [0.15, 0.2) is 5.16 Å². The summed E-state index contributed by atoms with van der Waals surface area (Å²) in [5.74, 6) is 0.478. The highest BCUT2D eigenvalue weighted by Gasteiger charge is 2.15. The lowest BCUT2D eigenvalue weighted by molar-refractivity contribution is -0.119. The van der Waals surface area contributed by atoms with Crippen LogP contribution in [-0.4, -0.2) is 26.4 Å². The predicted octanol–water partition coefficient (Wildman–Crippen LogP) is 3.74. The van der Waals surface area contributed by atoms with Gasteiger partial charge in [0, 0.05) is 5.56 Å². The van der Waals surface area contributed by atoms with E-state index in [9.17, 15) is 9.18 Å². The molecule has 3 rings (SSSR count). The zero-order chi connectivity index (χ0) is 19.2. The van der Waals surface area contributed by atoms with Gasteiger partial charge in [0.2, 0.25) is 5.91 Å². The summed E-state index contributed by atoms with van der Waals surface area (Å²) >= 11 is 1.32. The number of nitrogens with zero attached hydrogens (tertiary/aromatic N) is 3. The number of hydrogen-bond donors (Lipinski definition) is 1. The number of thioether (sulfide) groups is 1. The highest BCUT2D eigenvalue weighted by atomic mass is 32.2. The quantitative estimate of drug-likeness (QED) is 0.631. The number of halogens is 1. The maximum Gasteiger partial charge on any atom is 0.230 e. The number of benzene rings is 2. The molecular weight excluding hydrogens is 363 g/mol. The lowest BCUT2D eigenvalue weighted by Crippen LogP contribution is -2.28. The van der Waals surface area contributed by atoms with Crippen molar-refractivity contribution >= 4 is 17.7 Å². The van der Waals surface area contributed by atoms with Gasteiger partial charge in [0.1, 0.15) is 11.6 Å². The van der Waals surface area contributed by atoms with Crippen LogP contribution in [0.4, 0.5) is 4.39 Å². The molecule has 0 saturated carbocycles. The number of hydrogen-bond acceptors (Lipinski definition) is 4. The molecule has 0 fully saturated rings. The fourth-order valence-electron chi connectivity index (χ4n) is 2.73. The van der Waals surface area contributed by atoms with Crippen molar-refractivity contribution in [1.29, 1.82) is 0 Å². The maximum absolute atomic E-state index is 13.8. The van der Waals surface area contributed by atoms with Crippen LogP contribution in [0.2, 0.25) is 0 Å². The highest BCUT2D eigenvalue weighted by molar-refractivity contribution is 7.99. The Morgan fingerprint density at radius 3 is 2.59 bits per heavy atom. The fourth-order valence-corrected chi connectivity index (χ4v) is 3.53.